The molecule has 96 valence electrons. The largest absolute Gasteiger partial charge is 0.332 e. The molecule has 2 rings (SSSR count). The van der Waals surface area contributed by atoms with Gasteiger partial charge in [0.1, 0.15) is 11.6 Å². The first kappa shape index (κ1) is 12.5. The van der Waals surface area contributed by atoms with E-state index in [0.717, 1.165) is 6.07 Å². The second-order valence-electron chi connectivity index (χ2n) is 3.50. The number of H-pyrrole nitrogens is 1. The lowest BCUT2D eigenvalue weighted by Crippen LogP contribution is -2.14. The van der Waals surface area contributed by atoms with E-state index in [0.29, 0.717) is 12.2 Å². The highest BCUT2D eigenvalue weighted by Gasteiger charge is 2.17. The third-order valence-electron chi connectivity index (χ3n) is 2.18. The topological polar surface area (TPSA) is 87.7 Å². The first-order valence-electron chi connectivity index (χ1n) is 5.20. The minimum atomic E-state index is -3.82. The van der Waals surface area contributed by atoms with Crippen molar-refractivity contribution in [2.24, 2.45) is 0 Å². The Kier molecular flexibility index (Phi) is 3.28. The van der Waals surface area contributed by atoms with Crippen LogP contribution >= 0.6 is 0 Å². The molecule has 0 atom stereocenters. The first-order valence-corrected chi connectivity index (χ1v) is 6.69. The predicted octanol–water partition coefficient (Wildman–Crippen LogP) is 1.31. The van der Waals surface area contributed by atoms with Crippen LogP contribution in [0.1, 0.15) is 12.7 Å². The minimum Gasteiger partial charge on any atom is -0.332 e. The van der Waals surface area contributed by atoms with Gasteiger partial charge in [0.05, 0.1) is 6.20 Å². The number of nitrogens with zero attached hydrogens (tertiary/aromatic N) is 2. The molecule has 0 fully saturated rings. The molecule has 0 aliphatic carbocycles. The number of imidazole rings is 1. The fourth-order valence-corrected chi connectivity index (χ4v) is 2.26. The van der Waals surface area contributed by atoms with Crippen LogP contribution in [0, 0.1) is 5.95 Å². The predicted molar refractivity (Wildman–Crippen MR) is 63.0 cm³/mol. The maximum atomic E-state index is 12.8. The van der Waals surface area contributed by atoms with Gasteiger partial charge in [0.2, 0.25) is 5.95 Å². The van der Waals surface area contributed by atoms with Crippen molar-refractivity contribution in [3.05, 3.63) is 36.2 Å². The zero-order valence-electron chi connectivity index (χ0n) is 9.51. The Morgan fingerprint density at radius 3 is 2.83 bits per heavy atom. The molecule has 0 aliphatic heterocycles. The molecule has 0 saturated carbocycles. The van der Waals surface area contributed by atoms with E-state index in [1.807, 2.05) is 6.92 Å². The number of anilines is 1. The molecule has 0 aliphatic rings. The Balaban J connectivity index is 2.27. The third kappa shape index (κ3) is 2.65. The third-order valence-corrected chi connectivity index (χ3v) is 3.45. The summed E-state index contributed by atoms with van der Waals surface area (Å²) in [5, 5.41) is -0.0783. The van der Waals surface area contributed by atoms with Gasteiger partial charge in [-0.3, -0.25) is 4.72 Å². The van der Waals surface area contributed by atoms with Crippen molar-refractivity contribution in [2.75, 3.05) is 4.72 Å². The lowest BCUT2D eigenvalue weighted by atomic mass is 10.5. The van der Waals surface area contributed by atoms with E-state index in [1.165, 1.54) is 18.3 Å². The molecular weight excluding hydrogens is 259 g/mol. The van der Waals surface area contributed by atoms with Crippen LogP contribution in [-0.4, -0.2) is 23.4 Å². The maximum Gasteiger partial charge on any atom is 0.280 e. The number of halogens is 1. The van der Waals surface area contributed by atoms with Crippen molar-refractivity contribution < 1.29 is 12.8 Å². The number of hydrogen-bond donors (Lipinski definition) is 2. The minimum absolute atomic E-state index is 0.0783. The number of hydrogen-bond acceptors (Lipinski definition) is 4. The fourth-order valence-electron chi connectivity index (χ4n) is 1.32. The smallest absolute Gasteiger partial charge is 0.280 e. The zero-order valence-corrected chi connectivity index (χ0v) is 10.3. The summed E-state index contributed by atoms with van der Waals surface area (Å²) in [5.74, 6) is -0.278. The van der Waals surface area contributed by atoms with Crippen LogP contribution < -0.4 is 4.72 Å². The van der Waals surface area contributed by atoms with Crippen LogP contribution in [0.5, 0.6) is 0 Å². The van der Waals surface area contributed by atoms with Crippen molar-refractivity contribution >= 4 is 15.8 Å². The summed E-state index contributed by atoms with van der Waals surface area (Å²) in [5.41, 5.74) is 0. The van der Waals surface area contributed by atoms with E-state index in [4.69, 9.17) is 0 Å². The van der Waals surface area contributed by atoms with Gasteiger partial charge in [-0.05, 0) is 12.1 Å². The summed E-state index contributed by atoms with van der Waals surface area (Å²) in [6.07, 6.45) is 1.80. The summed E-state index contributed by atoms with van der Waals surface area (Å²) in [7, 11) is -3.82. The number of aromatic nitrogens is 3. The average molecular weight is 270 g/mol. The average Bonchev–Trinajstić information content (AvgIpc) is 2.77. The van der Waals surface area contributed by atoms with E-state index in [-0.39, 0.29) is 10.8 Å². The van der Waals surface area contributed by atoms with Gasteiger partial charge < -0.3 is 4.98 Å². The second-order valence-corrected chi connectivity index (χ2v) is 5.15. The number of rotatable bonds is 4. The molecule has 2 aromatic heterocycles. The Bertz CT molecular complexity index is 653. The van der Waals surface area contributed by atoms with Crippen molar-refractivity contribution in [3.63, 3.8) is 0 Å². The number of pyridine rings is 1. The van der Waals surface area contributed by atoms with Crippen LogP contribution in [0.15, 0.2) is 29.4 Å². The molecule has 2 aromatic rings. The van der Waals surface area contributed by atoms with Crippen molar-refractivity contribution in [1.82, 2.24) is 15.0 Å². The normalized spacial score (nSPS) is 11.4. The molecule has 0 amide bonds. The summed E-state index contributed by atoms with van der Waals surface area (Å²) < 4.78 is 38.8. The van der Waals surface area contributed by atoms with Gasteiger partial charge in [-0.15, -0.1) is 0 Å². The van der Waals surface area contributed by atoms with Gasteiger partial charge >= 0.3 is 0 Å². The van der Waals surface area contributed by atoms with E-state index in [2.05, 4.69) is 19.7 Å². The highest BCUT2D eigenvalue weighted by molar-refractivity contribution is 7.92. The zero-order chi connectivity index (χ0) is 13.2. The summed E-state index contributed by atoms with van der Waals surface area (Å²) in [6.45, 7) is 1.84. The van der Waals surface area contributed by atoms with Gasteiger partial charge in [-0.25, -0.2) is 9.97 Å². The van der Waals surface area contributed by atoms with E-state index < -0.39 is 16.0 Å². The van der Waals surface area contributed by atoms with Crippen molar-refractivity contribution in [1.29, 1.82) is 0 Å². The van der Waals surface area contributed by atoms with Crippen molar-refractivity contribution in [2.45, 2.75) is 18.4 Å². The Morgan fingerprint density at radius 1 is 1.44 bits per heavy atom. The van der Waals surface area contributed by atoms with Crippen LogP contribution in [0.25, 0.3) is 0 Å². The molecule has 18 heavy (non-hydrogen) atoms. The molecule has 0 radical (unpaired) electrons. The standard InChI is InChI=1S/C10H11FN4O2S/c1-2-8-12-6-10(14-8)18(16,17)15-9-5-3-4-7(11)13-9/h3-6H,2H2,1H3,(H,12,14)(H,13,15). The van der Waals surface area contributed by atoms with Crippen LogP contribution in [0.2, 0.25) is 0 Å². The molecule has 0 spiro atoms. The molecule has 2 N–H and O–H groups in total. The monoisotopic (exact) mass is 270 g/mol. The number of aryl methyl sites for hydroxylation is 1. The van der Waals surface area contributed by atoms with Gasteiger partial charge in [0, 0.05) is 6.42 Å². The molecule has 0 bridgehead atoms. The Hall–Kier alpha value is -1.96. The molecule has 0 unspecified atom stereocenters. The number of nitrogens with one attached hydrogen (secondary N) is 2. The second kappa shape index (κ2) is 4.73. The fraction of sp³-hybridized carbons (Fsp3) is 0.200. The summed E-state index contributed by atoms with van der Waals surface area (Å²) in [4.78, 5) is 9.97. The van der Waals surface area contributed by atoms with Crippen LogP contribution in [0.3, 0.4) is 0 Å². The van der Waals surface area contributed by atoms with Crippen LogP contribution in [-0.2, 0) is 16.4 Å². The molecule has 6 nitrogen and oxygen atoms in total. The van der Waals surface area contributed by atoms with Gasteiger partial charge in [0.15, 0.2) is 5.03 Å². The molecule has 2 heterocycles. The Morgan fingerprint density at radius 2 is 2.22 bits per heavy atom. The number of sulfonamides is 1. The molecule has 0 aromatic carbocycles. The molecular formula is C10H11FN4O2S. The quantitative estimate of drug-likeness (QED) is 0.820. The highest BCUT2D eigenvalue weighted by atomic mass is 32.2. The van der Waals surface area contributed by atoms with Gasteiger partial charge in [0.25, 0.3) is 10.0 Å². The summed E-state index contributed by atoms with van der Waals surface area (Å²) >= 11 is 0. The van der Waals surface area contributed by atoms with Gasteiger partial charge in [-0.1, -0.05) is 13.0 Å². The lowest BCUT2D eigenvalue weighted by molar-refractivity contribution is 0.584. The molecule has 8 heteroatoms. The van der Waals surface area contributed by atoms with Crippen LogP contribution in [0.4, 0.5) is 10.2 Å². The maximum absolute atomic E-state index is 12.8. The van der Waals surface area contributed by atoms with E-state index in [9.17, 15) is 12.8 Å². The van der Waals surface area contributed by atoms with Crippen molar-refractivity contribution in [3.8, 4) is 0 Å². The first-order chi connectivity index (χ1) is 8.51. The number of aromatic amines is 1. The SMILES string of the molecule is CCc1ncc(S(=O)(=O)Nc2cccc(F)n2)[nH]1. The Labute approximate surface area is 103 Å². The van der Waals surface area contributed by atoms with E-state index >= 15 is 0 Å². The summed E-state index contributed by atoms with van der Waals surface area (Å²) in [6, 6.07) is 3.85. The molecule has 0 saturated heterocycles. The van der Waals surface area contributed by atoms with E-state index in [1.54, 1.807) is 0 Å². The van der Waals surface area contributed by atoms with Gasteiger partial charge in [-0.2, -0.15) is 12.8 Å². The highest BCUT2D eigenvalue weighted by Crippen LogP contribution is 2.12. The lowest BCUT2D eigenvalue weighted by Gasteiger charge is -2.04.